The lowest BCUT2D eigenvalue weighted by Crippen LogP contribution is -2.18. The number of aryl methyl sites for hydroxylation is 1. The number of aromatic nitrogens is 1. The van der Waals surface area contributed by atoms with E-state index < -0.39 is 0 Å². The zero-order valence-corrected chi connectivity index (χ0v) is 14.0. The van der Waals surface area contributed by atoms with Crippen molar-refractivity contribution in [2.45, 2.75) is 19.3 Å². The third-order valence-corrected chi connectivity index (χ3v) is 4.39. The van der Waals surface area contributed by atoms with Crippen molar-refractivity contribution in [2.75, 3.05) is 11.9 Å². The topological polar surface area (TPSA) is 50.9 Å². The van der Waals surface area contributed by atoms with Crippen LogP contribution in [0.2, 0.25) is 0 Å². The molecule has 24 heavy (non-hydrogen) atoms. The molecule has 0 aliphatic rings. The molecular weight excluding hydrogens is 294 g/mol. The van der Waals surface area contributed by atoms with E-state index in [0.717, 1.165) is 28.6 Å². The summed E-state index contributed by atoms with van der Waals surface area (Å²) in [5, 5.41) is 5.69. The molecule has 1 unspecified atom stereocenters. The first-order chi connectivity index (χ1) is 11.7. The number of nitrogens with one attached hydrogen (secondary N) is 1. The Balaban J connectivity index is 1.79. The first-order valence-corrected chi connectivity index (χ1v) is 8.29. The Hall–Kier alpha value is -2.65. The molecule has 0 aliphatic carbocycles. The lowest BCUT2D eigenvalue weighted by molar-refractivity contribution is 0.806. The van der Waals surface area contributed by atoms with Crippen molar-refractivity contribution in [1.82, 2.24) is 4.98 Å². The molecule has 1 atom stereocenters. The largest absolute Gasteiger partial charge is 0.359 e. The lowest BCUT2D eigenvalue weighted by atomic mass is 9.94. The number of hydrogen-bond donors (Lipinski definition) is 2. The normalized spacial score (nSPS) is 12.1. The van der Waals surface area contributed by atoms with Crippen LogP contribution in [0.15, 0.2) is 73.2 Å². The van der Waals surface area contributed by atoms with Gasteiger partial charge in [0.05, 0.1) is 0 Å². The van der Waals surface area contributed by atoms with E-state index in [4.69, 9.17) is 5.73 Å². The summed E-state index contributed by atoms with van der Waals surface area (Å²) in [4.78, 5) is 4.14. The van der Waals surface area contributed by atoms with E-state index in [0.29, 0.717) is 6.54 Å². The van der Waals surface area contributed by atoms with Crippen molar-refractivity contribution in [1.29, 1.82) is 0 Å². The zero-order valence-electron chi connectivity index (χ0n) is 14.0. The van der Waals surface area contributed by atoms with E-state index in [1.54, 1.807) is 6.20 Å². The maximum atomic E-state index is 6.01. The lowest BCUT2D eigenvalue weighted by Gasteiger charge is -2.20. The van der Waals surface area contributed by atoms with E-state index in [1.807, 2.05) is 18.3 Å². The standard InChI is InChI=1S/C21H23N3/c1-3-16-4-6-17(7-5-16)21(13-22)15(2)24-20-9-8-19-14-23-11-10-18(19)12-20/h4-12,14,21,24H,2-3,13,22H2,1H3. The molecule has 3 aromatic rings. The van der Waals surface area contributed by atoms with Crippen molar-refractivity contribution >= 4 is 16.5 Å². The minimum atomic E-state index is 0.0871. The molecule has 3 nitrogen and oxygen atoms in total. The van der Waals surface area contributed by atoms with Crippen LogP contribution in [0.4, 0.5) is 5.69 Å². The number of anilines is 1. The molecule has 0 bridgehead atoms. The SMILES string of the molecule is C=C(Nc1ccc2cnccc2c1)C(CN)c1ccc(CC)cc1. The number of nitrogens with zero attached hydrogens (tertiary/aromatic N) is 1. The Labute approximate surface area is 143 Å². The van der Waals surface area contributed by atoms with E-state index in [9.17, 15) is 0 Å². The molecule has 0 radical (unpaired) electrons. The van der Waals surface area contributed by atoms with Crippen LogP contribution in [-0.2, 0) is 6.42 Å². The maximum Gasteiger partial charge on any atom is 0.0388 e. The molecule has 0 spiro atoms. The summed E-state index contributed by atoms with van der Waals surface area (Å²) in [5.41, 5.74) is 10.5. The predicted octanol–water partition coefficient (Wildman–Crippen LogP) is 4.47. The fourth-order valence-corrected chi connectivity index (χ4v) is 2.90. The van der Waals surface area contributed by atoms with E-state index in [2.05, 4.69) is 60.2 Å². The Morgan fingerprint density at radius 3 is 2.62 bits per heavy atom. The van der Waals surface area contributed by atoms with Gasteiger partial charge in [-0.3, -0.25) is 4.98 Å². The van der Waals surface area contributed by atoms with Crippen molar-refractivity contribution in [3.8, 4) is 0 Å². The van der Waals surface area contributed by atoms with Gasteiger partial charge in [-0.15, -0.1) is 0 Å². The minimum absolute atomic E-state index is 0.0871. The van der Waals surface area contributed by atoms with Crippen LogP contribution in [0.1, 0.15) is 24.0 Å². The van der Waals surface area contributed by atoms with Gasteiger partial charge in [0.15, 0.2) is 0 Å². The number of nitrogens with two attached hydrogens (primary N) is 1. The maximum absolute atomic E-state index is 6.01. The third kappa shape index (κ3) is 3.47. The fourth-order valence-electron chi connectivity index (χ4n) is 2.90. The first-order valence-electron chi connectivity index (χ1n) is 8.29. The average Bonchev–Trinajstić information content (AvgIpc) is 2.63. The van der Waals surface area contributed by atoms with Crippen LogP contribution in [-0.4, -0.2) is 11.5 Å². The molecule has 0 amide bonds. The highest BCUT2D eigenvalue weighted by Crippen LogP contribution is 2.26. The van der Waals surface area contributed by atoms with E-state index in [1.165, 1.54) is 11.1 Å². The summed E-state index contributed by atoms with van der Waals surface area (Å²) in [5.74, 6) is 0.0871. The van der Waals surface area contributed by atoms with Crippen LogP contribution in [0.5, 0.6) is 0 Å². The Morgan fingerprint density at radius 1 is 1.12 bits per heavy atom. The zero-order chi connectivity index (χ0) is 16.9. The average molecular weight is 317 g/mol. The molecule has 122 valence electrons. The second-order valence-electron chi connectivity index (χ2n) is 5.97. The highest BCUT2D eigenvalue weighted by atomic mass is 14.9. The summed E-state index contributed by atoms with van der Waals surface area (Å²) in [6, 6.07) is 16.8. The minimum Gasteiger partial charge on any atom is -0.359 e. The van der Waals surface area contributed by atoms with Gasteiger partial charge in [0.1, 0.15) is 0 Å². The number of hydrogen-bond acceptors (Lipinski definition) is 3. The molecule has 0 fully saturated rings. The molecule has 2 aromatic carbocycles. The summed E-state index contributed by atoms with van der Waals surface area (Å²) in [6.45, 7) is 6.90. The van der Waals surface area contributed by atoms with Crippen LogP contribution in [0, 0.1) is 0 Å². The second-order valence-corrected chi connectivity index (χ2v) is 5.97. The van der Waals surface area contributed by atoms with Crippen LogP contribution in [0.25, 0.3) is 10.8 Å². The quantitative estimate of drug-likeness (QED) is 0.705. The summed E-state index contributed by atoms with van der Waals surface area (Å²) >= 11 is 0. The van der Waals surface area contributed by atoms with Gasteiger partial charge in [-0.25, -0.2) is 0 Å². The second kappa shape index (κ2) is 7.28. The predicted molar refractivity (Wildman–Crippen MR) is 102 cm³/mol. The van der Waals surface area contributed by atoms with E-state index >= 15 is 0 Å². The molecule has 3 N–H and O–H groups in total. The van der Waals surface area contributed by atoms with Gasteiger partial charge >= 0.3 is 0 Å². The van der Waals surface area contributed by atoms with Crippen molar-refractivity contribution < 1.29 is 0 Å². The molecular formula is C21H23N3. The number of benzene rings is 2. The van der Waals surface area contributed by atoms with Gasteiger partial charge < -0.3 is 11.1 Å². The Kier molecular flexibility index (Phi) is 4.92. The van der Waals surface area contributed by atoms with Gasteiger partial charge in [-0.05, 0) is 41.1 Å². The van der Waals surface area contributed by atoms with Gasteiger partial charge in [0, 0.05) is 41.6 Å². The van der Waals surface area contributed by atoms with Crippen molar-refractivity contribution in [3.05, 3.63) is 84.3 Å². The van der Waals surface area contributed by atoms with E-state index in [-0.39, 0.29) is 5.92 Å². The van der Waals surface area contributed by atoms with Crippen molar-refractivity contribution in [3.63, 3.8) is 0 Å². The molecule has 3 rings (SSSR count). The number of fused-ring (bicyclic) bond motifs is 1. The summed E-state index contributed by atoms with van der Waals surface area (Å²) in [7, 11) is 0. The molecule has 1 aromatic heterocycles. The Bertz CT molecular complexity index is 837. The molecule has 0 saturated heterocycles. The fraction of sp³-hybridized carbons (Fsp3) is 0.190. The molecule has 0 aliphatic heterocycles. The molecule has 0 saturated carbocycles. The van der Waals surface area contributed by atoms with Gasteiger partial charge in [-0.2, -0.15) is 0 Å². The summed E-state index contributed by atoms with van der Waals surface area (Å²) in [6.07, 6.45) is 4.71. The van der Waals surface area contributed by atoms with Gasteiger partial charge in [0.2, 0.25) is 0 Å². The highest BCUT2D eigenvalue weighted by Gasteiger charge is 2.14. The highest BCUT2D eigenvalue weighted by molar-refractivity contribution is 5.85. The monoisotopic (exact) mass is 317 g/mol. The number of rotatable bonds is 6. The smallest absolute Gasteiger partial charge is 0.0388 e. The number of pyridine rings is 1. The Morgan fingerprint density at radius 2 is 1.92 bits per heavy atom. The van der Waals surface area contributed by atoms with Gasteiger partial charge in [-0.1, -0.05) is 43.8 Å². The van der Waals surface area contributed by atoms with Crippen LogP contribution in [0.3, 0.4) is 0 Å². The first kappa shape index (κ1) is 16.2. The molecule has 3 heteroatoms. The third-order valence-electron chi connectivity index (χ3n) is 4.39. The summed E-state index contributed by atoms with van der Waals surface area (Å²) < 4.78 is 0. The van der Waals surface area contributed by atoms with Gasteiger partial charge in [0.25, 0.3) is 0 Å². The van der Waals surface area contributed by atoms with Crippen molar-refractivity contribution in [2.24, 2.45) is 5.73 Å². The molecule has 1 heterocycles. The van der Waals surface area contributed by atoms with Crippen LogP contribution >= 0.6 is 0 Å². The van der Waals surface area contributed by atoms with Crippen LogP contribution < -0.4 is 11.1 Å².